The lowest BCUT2D eigenvalue weighted by Gasteiger charge is -2.32. The van der Waals surface area contributed by atoms with Crippen LogP contribution in [0, 0.1) is 0 Å². The second-order valence-electron chi connectivity index (χ2n) is 7.52. The molecule has 9 heteroatoms. The number of hydrogen-bond acceptors (Lipinski definition) is 5. The Morgan fingerprint density at radius 2 is 1.76 bits per heavy atom. The topological polar surface area (TPSA) is 71.0 Å². The zero-order chi connectivity index (χ0) is 24.1. The second-order valence-corrected chi connectivity index (χ2v) is 9.56. The fourth-order valence-electron chi connectivity index (χ4n) is 3.38. The zero-order valence-corrected chi connectivity index (χ0v) is 20.5. The van der Waals surface area contributed by atoms with E-state index in [-0.39, 0.29) is 18.2 Å². The van der Waals surface area contributed by atoms with Gasteiger partial charge >= 0.3 is 0 Å². The number of halogens is 2. The van der Waals surface area contributed by atoms with Crippen LogP contribution in [0.15, 0.2) is 77.8 Å². The van der Waals surface area contributed by atoms with Crippen molar-refractivity contribution in [2.45, 2.75) is 18.2 Å². The summed E-state index contributed by atoms with van der Waals surface area (Å²) >= 11 is 13.3. The molecule has 1 N–H and O–H groups in total. The summed E-state index contributed by atoms with van der Waals surface area (Å²) in [5.74, 6) is 0.201. The fraction of sp³-hybridized carbons (Fsp3) is 0.160. The monoisotopic (exact) mass is 513 g/mol. The Kier molecular flexibility index (Phi) is 7.77. The van der Waals surface area contributed by atoms with Crippen LogP contribution < -0.4 is 10.1 Å². The Balaban J connectivity index is 1.60. The molecule has 6 nitrogen and oxygen atoms in total. The number of ether oxygens (including phenoxy) is 1. The second kappa shape index (κ2) is 11.0. The first-order chi connectivity index (χ1) is 16.4. The van der Waals surface area contributed by atoms with Crippen molar-refractivity contribution in [2.75, 3.05) is 12.4 Å². The Morgan fingerprint density at radius 1 is 1.09 bits per heavy atom. The number of amidine groups is 1. The lowest BCUT2D eigenvalue weighted by Crippen LogP contribution is -2.44. The van der Waals surface area contributed by atoms with Crippen LogP contribution >= 0.6 is 35.0 Å². The van der Waals surface area contributed by atoms with Gasteiger partial charge in [0.05, 0.1) is 19.3 Å². The molecule has 1 aliphatic heterocycles. The van der Waals surface area contributed by atoms with E-state index in [0.717, 1.165) is 5.56 Å². The molecule has 1 unspecified atom stereocenters. The number of benzene rings is 3. The highest BCUT2D eigenvalue weighted by molar-refractivity contribution is 8.15. The molecule has 0 radical (unpaired) electrons. The highest BCUT2D eigenvalue weighted by Gasteiger charge is 2.36. The van der Waals surface area contributed by atoms with Crippen molar-refractivity contribution < 1.29 is 14.3 Å². The summed E-state index contributed by atoms with van der Waals surface area (Å²) in [6.07, 6.45) is 0.0409. The van der Waals surface area contributed by atoms with Gasteiger partial charge in [0, 0.05) is 22.2 Å². The molecule has 34 heavy (non-hydrogen) atoms. The zero-order valence-electron chi connectivity index (χ0n) is 18.2. The normalized spacial score (nSPS) is 17.0. The van der Waals surface area contributed by atoms with Crippen molar-refractivity contribution in [3.05, 3.63) is 88.4 Å². The van der Waals surface area contributed by atoms with E-state index in [0.29, 0.717) is 38.9 Å². The van der Waals surface area contributed by atoms with Gasteiger partial charge in [-0.2, -0.15) is 0 Å². The maximum atomic E-state index is 13.2. The van der Waals surface area contributed by atoms with Crippen LogP contribution in [-0.2, 0) is 16.1 Å². The minimum absolute atomic E-state index is 0.0409. The van der Waals surface area contributed by atoms with Gasteiger partial charge in [-0.05, 0) is 48.0 Å². The number of thioether (sulfide) groups is 1. The van der Waals surface area contributed by atoms with Gasteiger partial charge in [-0.3, -0.25) is 14.5 Å². The molecule has 1 heterocycles. The van der Waals surface area contributed by atoms with E-state index in [2.05, 4.69) is 5.32 Å². The number of aliphatic imine (C=N–C) groups is 1. The van der Waals surface area contributed by atoms with E-state index < -0.39 is 5.25 Å². The van der Waals surface area contributed by atoms with Gasteiger partial charge < -0.3 is 10.1 Å². The van der Waals surface area contributed by atoms with E-state index in [1.807, 2.05) is 30.3 Å². The Morgan fingerprint density at radius 3 is 2.41 bits per heavy atom. The fourth-order valence-corrected chi connectivity index (χ4v) is 5.00. The summed E-state index contributed by atoms with van der Waals surface area (Å²) in [7, 11) is 1.59. The van der Waals surface area contributed by atoms with Gasteiger partial charge in [0.2, 0.25) is 11.8 Å². The number of nitrogens with zero attached hydrogens (tertiary/aromatic N) is 2. The van der Waals surface area contributed by atoms with Gasteiger partial charge in [-0.1, -0.05) is 65.3 Å². The molecule has 1 atom stereocenters. The van der Waals surface area contributed by atoms with Crippen LogP contribution in [0.5, 0.6) is 5.75 Å². The summed E-state index contributed by atoms with van der Waals surface area (Å²) in [4.78, 5) is 32.5. The summed E-state index contributed by atoms with van der Waals surface area (Å²) in [6.45, 7) is 0.361. The SMILES string of the molecule is COc1ccc(N=C2SC(C(=O)Nc3cc(Cl)cc(Cl)c3)CC(=O)N2Cc2ccccc2)cc1. The number of methoxy groups -OCH3 is 1. The predicted molar refractivity (Wildman–Crippen MR) is 138 cm³/mol. The molecule has 0 bridgehead atoms. The minimum Gasteiger partial charge on any atom is -0.497 e. The van der Waals surface area contributed by atoms with E-state index in [4.69, 9.17) is 32.9 Å². The van der Waals surface area contributed by atoms with Gasteiger partial charge in [-0.15, -0.1) is 0 Å². The van der Waals surface area contributed by atoms with Crippen LogP contribution in [0.3, 0.4) is 0 Å². The maximum absolute atomic E-state index is 13.2. The Bertz CT molecular complexity index is 1200. The van der Waals surface area contributed by atoms with E-state index in [1.165, 1.54) is 11.8 Å². The molecule has 1 fully saturated rings. The van der Waals surface area contributed by atoms with Crippen molar-refractivity contribution >= 4 is 63.3 Å². The third-order valence-corrected chi connectivity index (χ3v) is 6.67. The first-order valence-electron chi connectivity index (χ1n) is 10.4. The molecule has 4 rings (SSSR count). The molecule has 174 valence electrons. The molecule has 1 aliphatic rings. The number of anilines is 1. The van der Waals surface area contributed by atoms with Crippen molar-refractivity contribution in [3.8, 4) is 5.75 Å². The highest BCUT2D eigenvalue weighted by Crippen LogP contribution is 2.32. The van der Waals surface area contributed by atoms with Crippen LogP contribution in [0.2, 0.25) is 10.0 Å². The van der Waals surface area contributed by atoms with Gasteiger partial charge in [0.25, 0.3) is 0 Å². The maximum Gasteiger partial charge on any atom is 0.238 e. The first-order valence-corrected chi connectivity index (χ1v) is 12.1. The van der Waals surface area contributed by atoms with Crippen LogP contribution in [0.4, 0.5) is 11.4 Å². The van der Waals surface area contributed by atoms with Crippen molar-refractivity contribution in [1.29, 1.82) is 0 Å². The third kappa shape index (κ3) is 6.11. The lowest BCUT2D eigenvalue weighted by atomic mass is 10.2. The lowest BCUT2D eigenvalue weighted by molar-refractivity contribution is -0.129. The molecule has 3 aromatic carbocycles. The van der Waals surface area contributed by atoms with E-state index in [9.17, 15) is 9.59 Å². The first kappa shape index (κ1) is 24.1. The molecular formula is C25H21Cl2N3O3S. The molecule has 1 saturated heterocycles. The summed E-state index contributed by atoms with van der Waals surface area (Å²) in [5.41, 5.74) is 2.09. The van der Waals surface area contributed by atoms with Crippen LogP contribution in [0.25, 0.3) is 0 Å². The predicted octanol–water partition coefficient (Wildman–Crippen LogP) is 6.16. The molecular weight excluding hydrogens is 493 g/mol. The highest BCUT2D eigenvalue weighted by atomic mass is 35.5. The van der Waals surface area contributed by atoms with Crippen molar-refractivity contribution in [1.82, 2.24) is 4.90 Å². The van der Waals surface area contributed by atoms with Gasteiger partial charge in [0.15, 0.2) is 5.17 Å². The van der Waals surface area contributed by atoms with Crippen molar-refractivity contribution in [3.63, 3.8) is 0 Å². The van der Waals surface area contributed by atoms with Gasteiger partial charge in [0.1, 0.15) is 11.0 Å². The average molecular weight is 514 g/mol. The number of carbonyl (C=O) groups excluding carboxylic acids is 2. The van der Waals surface area contributed by atoms with Gasteiger partial charge in [-0.25, -0.2) is 4.99 Å². The number of amides is 2. The Hall–Kier alpha value is -3.00. The molecule has 0 saturated carbocycles. The smallest absolute Gasteiger partial charge is 0.238 e. The molecule has 2 amide bonds. The average Bonchev–Trinajstić information content (AvgIpc) is 2.81. The Labute approximate surface area is 211 Å². The number of nitrogens with one attached hydrogen (secondary N) is 1. The quantitative estimate of drug-likeness (QED) is 0.428. The van der Waals surface area contributed by atoms with Crippen molar-refractivity contribution in [2.24, 2.45) is 4.99 Å². The minimum atomic E-state index is -0.658. The standard InChI is InChI=1S/C25H21Cl2N3O3S/c1-33-21-9-7-19(8-10-21)29-25-30(15-16-5-3-2-4-6-16)23(31)14-22(34-25)24(32)28-20-12-17(26)11-18(27)13-20/h2-13,22H,14-15H2,1H3,(H,28,32). The van der Waals surface area contributed by atoms with E-state index in [1.54, 1.807) is 54.5 Å². The number of hydrogen-bond donors (Lipinski definition) is 1. The summed E-state index contributed by atoms with van der Waals surface area (Å²) in [5, 5.41) is 3.42. The van der Waals surface area contributed by atoms with Crippen LogP contribution in [0.1, 0.15) is 12.0 Å². The number of carbonyl (C=O) groups is 2. The van der Waals surface area contributed by atoms with Crippen LogP contribution in [-0.4, -0.2) is 34.2 Å². The van der Waals surface area contributed by atoms with E-state index >= 15 is 0 Å². The largest absolute Gasteiger partial charge is 0.497 e. The number of rotatable bonds is 6. The summed E-state index contributed by atoms with van der Waals surface area (Å²) < 4.78 is 5.21. The molecule has 3 aromatic rings. The molecule has 0 aromatic heterocycles. The molecule has 0 spiro atoms. The molecule has 0 aliphatic carbocycles. The summed E-state index contributed by atoms with van der Waals surface area (Å²) in [6, 6.07) is 21.6. The third-order valence-electron chi connectivity index (χ3n) is 5.04.